The summed E-state index contributed by atoms with van der Waals surface area (Å²) in [6, 6.07) is 64.8. The van der Waals surface area contributed by atoms with Gasteiger partial charge in [-0.25, -0.2) is 4.98 Å². The topological polar surface area (TPSA) is 31.0 Å². The lowest BCUT2D eigenvalue weighted by atomic mass is 9.93. The number of para-hydroxylation sites is 4. The summed E-state index contributed by atoms with van der Waals surface area (Å²) in [7, 11) is 0. The van der Waals surface area contributed by atoms with Crippen molar-refractivity contribution in [3.63, 3.8) is 0 Å². The molecule has 0 unspecified atom stereocenters. The second-order valence-electron chi connectivity index (χ2n) is 13.5. The summed E-state index contributed by atoms with van der Waals surface area (Å²) in [6.07, 6.45) is 0. The van der Waals surface area contributed by atoms with Gasteiger partial charge in [0.2, 0.25) is 0 Å². The molecule has 3 heterocycles. The van der Waals surface area contributed by atoms with Crippen molar-refractivity contribution in [2.45, 2.75) is 0 Å². The summed E-state index contributed by atoms with van der Waals surface area (Å²) in [4.78, 5) is 5.46. The molecule has 0 saturated carbocycles. The molecule has 0 bridgehead atoms. The summed E-state index contributed by atoms with van der Waals surface area (Å²) in [5.41, 5.74) is 13.0. The third kappa shape index (κ3) is 4.30. The predicted molar refractivity (Wildman–Crippen MR) is 217 cm³/mol. The maximum Gasteiger partial charge on any atom is 0.136 e. The minimum absolute atomic E-state index is 0.887. The fourth-order valence-electron chi connectivity index (χ4n) is 8.23. The zero-order chi connectivity index (χ0) is 34.2. The molecule has 0 atom stereocenters. The SMILES string of the molecule is c1ccc(-c2nc3c(-c4ccc(-c5ccc6c7ccccc7n(-c7ccccc7)c6c5)cc4)cccc3c3c2ccc2oc4ccccc4c23)cc1. The van der Waals surface area contributed by atoms with Crippen LogP contribution in [0.5, 0.6) is 0 Å². The molecule has 242 valence electrons. The Kier molecular flexibility index (Phi) is 6.25. The first-order chi connectivity index (χ1) is 25.8. The summed E-state index contributed by atoms with van der Waals surface area (Å²) >= 11 is 0. The van der Waals surface area contributed by atoms with Gasteiger partial charge in [0, 0.05) is 54.5 Å². The molecule has 0 N–H and O–H groups in total. The molecule has 0 amide bonds. The normalized spacial score (nSPS) is 11.8. The molecule has 0 aliphatic rings. The number of hydrogen-bond donors (Lipinski definition) is 0. The molecule has 3 nitrogen and oxygen atoms in total. The molecule has 11 rings (SSSR count). The summed E-state index contributed by atoms with van der Waals surface area (Å²) in [6.45, 7) is 0. The van der Waals surface area contributed by atoms with Crippen molar-refractivity contribution in [1.29, 1.82) is 0 Å². The van der Waals surface area contributed by atoms with Crippen LogP contribution < -0.4 is 0 Å². The Labute approximate surface area is 299 Å². The minimum atomic E-state index is 0.887. The van der Waals surface area contributed by atoms with Crippen molar-refractivity contribution >= 4 is 65.4 Å². The maximum atomic E-state index is 6.38. The second-order valence-corrected chi connectivity index (χ2v) is 13.5. The first-order valence-corrected chi connectivity index (χ1v) is 17.7. The van der Waals surface area contributed by atoms with E-state index < -0.39 is 0 Å². The fraction of sp³-hybridized carbons (Fsp3) is 0. The average molecular weight is 663 g/mol. The molecular formula is C49H30N2O. The lowest BCUT2D eigenvalue weighted by Crippen LogP contribution is -1.93. The average Bonchev–Trinajstić information content (AvgIpc) is 3.76. The molecular weight excluding hydrogens is 633 g/mol. The number of pyridine rings is 1. The van der Waals surface area contributed by atoms with Gasteiger partial charge in [-0.3, -0.25) is 0 Å². The highest BCUT2D eigenvalue weighted by atomic mass is 16.3. The van der Waals surface area contributed by atoms with E-state index >= 15 is 0 Å². The van der Waals surface area contributed by atoms with Gasteiger partial charge in [-0.15, -0.1) is 0 Å². The van der Waals surface area contributed by atoms with E-state index in [0.717, 1.165) is 66.3 Å². The zero-order valence-electron chi connectivity index (χ0n) is 28.1. The molecule has 11 aromatic rings. The molecule has 0 aliphatic heterocycles. The molecule has 3 heteroatoms. The van der Waals surface area contributed by atoms with Gasteiger partial charge in [0.1, 0.15) is 11.2 Å². The Hall–Kier alpha value is -6.97. The van der Waals surface area contributed by atoms with Crippen molar-refractivity contribution in [3.8, 4) is 39.2 Å². The third-order valence-electron chi connectivity index (χ3n) is 10.6. The van der Waals surface area contributed by atoms with Crippen LogP contribution in [0.3, 0.4) is 0 Å². The van der Waals surface area contributed by atoms with Gasteiger partial charge in [-0.2, -0.15) is 0 Å². The van der Waals surface area contributed by atoms with Crippen molar-refractivity contribution in [3.05, 3.63) is 182 Å². The van der Waals surface area contributed by atoms with Gasteiger partial charge in [0.25, 0.3) is 0 Å². The summed E-state index contributed by atoms with van der Waals surface area (Å²) in [5.74, 6) is 0. The third-order valence-corrected chi connectivity index (χ3v) is 10.6. The van der Waals surface area contributed by atoms with E-state index in [1.54, 1.807) is 0 Å². The highest BCUT2D eigenvalue weighted by Crippen LogP contribution is 2.43. The molecule has 0 aliphatic carbocycles. The smallest absolute Gasteiger partial charge is 0.136 e. The zero-order valence-corrected chi connectivity index (χ0v) is 28.1. The van der Waals surface area contributed by atoms with Crippen molar-refractivity contribution in [2.24, 2.45) is 0 Å². The molecule has 0 radical (unpaired) electrons. The Morgan fingerprint density at radius 1 is 0.385 bits per heavy atom. The largest absolute Gasteiger partial charge is 0.456 e. The van der Waals surface area contributed by atoms with Crippen LogP contribution in [0.2, 0.25) is 0 Å². The highest BCUT2D eigenvalue weighted by molar-refractivity contribution is 6.29. The van der Waals surface area contributed by atoms with Crippen LogP contribution in [0, 0.1) is 0 Å². The van der Waals surface area contributed by atoms with Gasteiger partial charge in [-0.1, -0.05) is 140 Å². The fourth-order valence-corrected chi connectivity index (χ4v) is 8.23. The van der Waals surface area contributed by atoms with Crippen LogP contribution in [-0.4, -0.2) is 9.55 Å². The van der Waals surface area contributed by atoms with Crippen molar-refractivity contribution < 1.29 is 4.42 Å². The van der Waals surface area contributed by atoms with Crippen molar-refractivity contribution in [1.82, 2.24) is 9.55 Å². The Morgan fingerprint density at radius 3 is 1.88 bits per heavy atom. The van der Waals surface area contributed by atoms with Gasteiger partial charge in [0.15, 0.2) is 0 Å². The molecule has 3 aromatic heterocycles. The number of nitrogens with zero attached hydrogens (tertiary/aromatic N) is 2. The number of hydrogen-bond acceptors (Lipinski definition) is 2. The number of benzene rings is 8. The van der Waals surface area contributed by atoms with Crippen LogP contribution >= 0.6 is 0 Å². The van der Waals surface area contributed by atoms with Crippen LogP contribution in [0.25, 0.3) is 105 Å². The minimum Gasteiger partial charge on any atom is -0.456 e. The van der Waals surface area contributed by atoms with E-state index in [1.165, 1.54) is 38.3 Å². The van der Waals surface area contributed by atoms with E-state index in [4.69, 9.17) is 9.40 Å². The monoisotopic (exact) mass is 662 g/mol. The first-order valence-electron chi connectivity index (χ1n) is 17.7. The van der Waals surface area contributed by atoms with Crippen LogP contribution in [0.15, 0.2) is 186 Å². The molecule has 0 spiro atoms. The predicted octanol–water partition coefficient (Wildman–Crippen LogP) is 13.4. The first kappa shape index (κ1) is 28.8. The molecule has 0 saturated heterocycles. The van der Waals surface area contributed by atoms with E-state index in [2.05, 4.69) is 180 Å². The van der Waals surface area contributed by atoms with Gasteiger partial charge in [0.05, 0.1) is 22.2 Å². The number of rotatable bonds is 4. The Morgan fingerprint density at radius 2 is 1.04 bits per heavy atom. The quantitative estimate of drug-likeness (QED) is 0.176. The number of furan rings is 1. The van der Waals surface area contributed by atoms with Crippen LogP contribution in [0.4, 0.5) is 0 Å². The van der Waals surface area contributed by atoms with Gasteiger partial charge < -0.3 is 8.98 Å². The van der Waals surface area contributed by atoms with E-state index in [0.29, 0.717) is 0 Å². The van der Waals surface area contributed by atoms with E-state index in [1.807, 2.05) is 6.07 Å². The highest BCUT2D eigenvalue weighted by Gasteiger charge is 2.19. The molecule has 8 aromatic carbocycles. The van der Waals surface area contributed by atoms with Crippen molar-refractivity contribution in [2.75, 3.05) is 0 Å². The van der Waals surface area contributed by atoms with Crippen LogP contribution in [0.1, 0.15) is 0 Å². The maximum absolute atomic E-state index is 6.38. The van der Waals surface area contributed by atoms with Gasteiger partial charge in [-0.05, 0) is 59.2 Å². The number of fused-ring (bicyclic) bond motifs is 10. The summed E-state index contributed by atoms with van der Waals surface area (Å²) < 4.78 is 8.75. The second kappa shape index (κ2) is 11.3. The Balaban J connectivity index is 1.10. The lowest BCUT2D eigenvalue weighted by Gasteiger charge is -2.14. The standard InChI is InChI=1S/C49H30N2O/c1-3-12-33(13-4-1)48-41-28-29-45-47(39-17-8-10-21-44(39)52-45)46(41)40-19-11-18-36(49(40)50-48)32-24-22-31(23-25-32)34-26-27-38-37-16-7-9-20-42(37)51(43(38)30-34)35-14-5-2-6-15-35/h1-30H. The molecule has 52 heavy (non-hydrogen) atoms. The van der Waals surface area contributed by atoms with Crippen LogP contribution in [-0.2, 0) is 0 Å². The van der Waals surface area contributed by atoms with Gasteiger partial charge >= 0.3 is 0 Å². The number of aromatic nitrogens is 2. The Bertz CT molecular complexity index is 3150. The van der Waals surface area contributed by atoms with E-state index in [-0.39, 0.29) is 0 Å². The lowest BCUT2D eigenvalue weighted by molar-refractivity contribution is 0.669. The molecule has 0 fully saturated rings. The summed E-state index contributed by atoms with van der Waals surface area (Å²) in [5, 5.41) is 8.17. The van der Waals surface area contributed by atoms with E-state index in [9.17, 15) is 0 Å².